The van der Waals surface area contributed by atoms with Crippen molar-refractivity contribution in [3.63, 3.8) is 0 Å². The van der Waals surface area contributed by atoms with Crippen molar-refractivity contribution in [3.8, 4) is 0 Å². The molecular weight excluding hydrogens is 329 g/mol. The van der Waals surface area contributed by atoms with E-state index >= 15 is 0 Å². The van der Waals surface area contributed by atoms with E-state index in [2.05, 4.69) is 6.92 Å². The van der Waals surface area contributed by atoms with Gasteiger partial charge in [0.25, 0.3) is 0 Å². The van der Waals surface area contributed by atoms with Crippen LogP contribution >= 0.6 is 23.2 Å². The highest BCUT2D eigenvalue weighted by Gasteiger charge is 2.39. The molecule has 0 heterocycles. The highest BCUT2D eigenvalue weighted by atomic mass is 35.5. The molecule has 1 aromatic carbocycles. The molecule has 0 aliphatic carbocycles. The minimum absolute atomic E-state index is 0.0711. The van der Waals surface area contributed by atoms with E-state index in [9.17, 15) is 4.79 Å². The number of nitrogens with two attached hydrogens (primary N) is 1. The van der Waals surface area contributed by atoms with E-state index in [1.165, 1.54) is 7.11 Å². The molecule has 0 fully saturated rings. The van der Waals surface area contributed by atoms with Crippen LogP contribution in [0, 0.1) is 0 Å². The maximum Gasteiger partial charge on any atom is 0.407 e. The van der Waals surface area contributed by atoms with E-state index < -0.39 is 11.9 Å². The molecule has 5 nitrogen and oxygen atoms in total. The van der Waals surface area contributed by atoms with Crippen molar-refractivity contribution >= 4 is 29.3 Å². The lowest BCUT2D eigenvalue weighted by Crippen LogP contribution is -2.38. The number of rotatable bonds is 9. The van der Waals surface area contributed by atoms with Gasteiger partial charge in [-0.15, -0.1) is 0 Å². The standard InChI is InChI=1S/C15H21Cl2NO4/c1-3-4-5-8-15(21-10-20-2,22-14(18)19)12-7-6-11(16)9-13(12)17/h6-7,9H,3-5,8,10H2,1-2H3,(H2,18,19). The summed E-state index contributed by atoms with van der Waals surface area (Å²) in [6, 6.07) is 4.88. The summed E-state index contributed by atoms with van der Waals surface area (Å²) in [5, 5.41) is 0.809. The van der Waals surface area contributed by atoms with Crippen LogP contribution in [-0.2, 0) is 20.0 Å². The molecule has 0 saturated heterocycles. The molecule has 1 atom stereocenters. The van der Waals surface area contributed by atoms with Gasteiger partial charge in [0, 0.05) is 24.1 Å². The zero-order valence-corrected chi connectivity index (χ0v) is 14.2. The number of carbonyl (C=O) groups excluding carboxylic acids is 1. The summed E-state index contributed by atoms with van der Waals surface area (Å²) in [7, 11) is 1.48. The Morgan fingerprint density at radius 2 is 2.05 bits per heavy atom. The minimum Gasteiger partial charge on any atom is -0.412 e. The van der Waals surface area contributed by atoms with Gasteiger partial charge in [-0.05, 0) is 24.6 Å². The fourth-order valence-corrected chi connectivity index (χ4v) is 2.70. The average Bonchev–Trinajstić information content (AvgIpc) is 2.44. The number of unbranched alkanes of at least 4 members (excludes halogenated alkanes) is 2. The van der Waals surface area contributed by atoms with Crippen LogP contribution < -0.4 is 5.73 Å². The van der Waals surface area contributed by atoms with E-state index in [0.717, 1.165) is 19.3 Å². The topological polar surface area (TPSA) is 70.8 Å². The van der Waals surface area contributed by atoms with Crippen molar-refractivity contribution in [2.24, 2.45) is 5.73 Å². The van der Waals surface area contributed by atoms with Crippen LogP contribution in [-0.4, -0.2) is 20.0 Å². The Morgan fingerprint density at radius 1 is 1.32 bits per heavy atom. The second kappa shape index (κ2) is 9.20. The number of carbonyl (C=O) groups is 1. The Hall–Kier alpha value is -1.01. The summed E-state index contributed by atoms with van der Waals surface area (Å²) in [5.41, 5.74) is 5.71. The van der Waals surface area contributed by atoms with Gasteiger partial charge in [-0.25, -0.2) is 4.79 Å². The van der Waals surface area contributed by atoms with Crippen molar-refractivity contribution in [1.29, 1.82) is 0 Å². The third-order valence-electron chi connectivity index (χ3n) is 3.13. The van der Waals surface area contributed by atoms with Crippen LogP contribution in [0.1, 0.15) is 38.2 Å². The third kappa shape index (κ3) is 5.32. The Labute approximate surface area is 140 Å². The quantitative estimate of drug-likeness (QED) is 0.528. The summed E-state index contributed by atoms with van der Waals surface area (Å²) in [5.74, 6) is -1.39. The van der Waals surface area contributed by atoms with E-state index in [4.69, 9.17) is 43.1 Å². The van der Waals surface area contributed by atoms with E-state index in [0.29, 0.717) is 22.0 Å². The van der Waals surface area contributed by atoms with E-state index in [1.807, 2.05) is 0 Å². The molecular formula is C15H21Cl2NO4. The van der Waals surface area contributed by atoms with Gasteiger partial charge in [0.05, 0.1) is 5.02 Å². The van der Waals surface area contributed by atoms with Gasteiger partial charge in [0.15, 0.2) is 6.79 Å². The molecule has 2 N–H and O–H groups in total. The molecule has 0 saturated carbocycles. The first-order valence-electron chi connectivity index (χ1n) is 7.02. The first-order valence-corrected chi connectivity index (χ1v) is 7.77. The van der Waals surface area contributed by atoms with Crippen molar-refractivity contribution < 1.29 is 19.0 Å². The molecule has 1 unspecified atom stereocenters. The zero-order valence-electron chi connectivity index (χ0n) is 12.7. The third-order valence-corrected chi connectivity index (χ3v) is 3.67. The molecule has 22 heavy (non-hydrogen) atoms. The van der Waals surface area contributed by atoms with Crippen LogP contribution in [0.4, 0.5) is 4.79 Å². The van der Waals surface area contributed by atoms with Crippen molar-refractivity contribution in [2.45, 2.75) is 38.4 Å². The molecule has 0 spiro atoms. The second-order valence-electron chi connectivity index (χ2n) is 4.81. The molecule has 7 heteroatoms. The van der Waals surface area contributed by atoms with Crippen LogP contribution in [0.15, 0.2) is 18.2 Å². The molecule has 1 amide bonds. The number of methoxy groups -OCH3 is 1. The Kier molecular flexibility index (Phi) is 7.96. The van der Waals surface area contributed by atoms with Crippen molar-refractivity contribution in [1.82, 2.24) is 0 Å². The summed E-state index contributed by atoms with van der Waals surface area (Å²) in [6.45, 7) is 2.00. The average molecular weight is 350 g/mol. The van der Waals surface area contributed by atoms with Crippen molar-refractivity contribution in [2.75, 3.05) is 13.9 Å². The maximum atomic E-state index is 11.4. The molecule has 0 aromatic heterocycles. The smallest absolute Gasteiger partial charge is 0.407 e. The molecule has 0 aliphatic rings. The van der Waals surface area contributed by atoms with Crippen LogP contribution in [0.2, 0.25) is 10.0 Å². The number of hydrogen-bond acceptors (Lipinski definition) is 4. The molecule has 1 rings (SSSR count). The molecule has 1 aromatic rings. The van der Waals surface area contributed by atoms with Gasteiger partial charge < -0.3 is 19.9 Å². The Morgan fingerprint density at radius 3 is 2.59 bits per heavy atom. The maximum absolute atomic E-state index is 11.4. The number of primary amides is 1. The predicted octanol–water partition coefficient (Wildman–Crippen LogP) is 4.44. The van der Waals surface area contributed by atoms with E-state index in [1.54, 1.807) is 18.2 Å². The second-order valence-corrected chi connectivity index (χ2v) is 5.65. The lowest BCUT2D eigenvalue weighted by atomic mass is 9.98. The fraction of sp³-hybridized carbons (Fsp3) is 0.533. The van der Waals surface area contributed by atoms with Gasteiger partial charge in [0.2, 0.25) is 5.79 Å². The fourth-order valence-electron chi connectivity index (χ4n) is 2.14. The summed E-state index contributed by atoms with van der Waals surface area (Å²) in [6.07, 6.45) is 2.19. The summed E-state index contributed by atoms with van der Waals surface area (Å²) < 4.78 is 15.9. The largest absolute Gasteiger partial charge is 0.412 e. The van der Waals surface area contributed by atoms with Crippen LogP contribution in [0.5, 0.6) is 0 Å². The highest BCUT2D eigenvalue weighted by molar-refractivity contribution is 6.35. The zero-order chi connectivity index (χ0) is 16.6. The lowest BCUT2D eigenvalue weighted by Gasteiger charge is -2.33. The summed E-state index contributed by atoms with van der Waals surface area (Å²) >= 11 is 12.2. The van der Waals surface area contributed by atoms with Gasteiger partial charge in [-0.1, -0.05) is 43.0 Å². The first-order chi connectivity index (χ1) is 10.4. The predicted molar refractivity (Wildman–Crippen MR) is 85.9 cm³/mol. The Balaban J connectivity index is 3.21. The number of halogens is 2. The molecule has 0 bridgehead atoms. The molecule has 124 valence electrons. The van der Waals surface area contributed by atoms with E-state index in [-0.39, 0.29) is 6.79 Å². The van der Waals surface area contributed by atoms with Gasteiger partial charge in [-0.3, -0.25) is 0 Å². The SMILES string of the molecule is CCCCCC(OCOC)(OC(N)=O)c1ccc(Cl)cc1Cl. The minimum atomic E-state index is -1.39. The highest BCUT2D eigenvalue weighted by Crippen LogP contribution is 2.38. The van der Waals surface area contributed by atoms with Gasteiger partial charge in [-0.2, -0.15) is 0 Å². The number of amides is 1. The summed E-state index contributed by atoms with van der Waals surface area (Å²) in [4.78, 5) is 11.4. The number of benzene rings is 1. The first kappa shape index (κ1) is 19.0. The number of ether oxygens (including phenoxy) is 3. The van der Waals surface area contributed by atoms with Crippen LogP contribution in [0.3, 0.4) is 0 Å². The van der Waals surface area contributed by atoms with Gasteiger partial charge in [0.1, 0.15) is 0 Å². The molecule has 0 aliphatic heterocycles. The normalized spacial score (nSPS) is 13.6. The Bertz CT molecular complexity index is 498. The van der Waals surface area contributed by atoms with Crippen LogP contribution in [0.25, 0.3) is 0 Å². The van der Waals surface area contributed by atoms with Gasteiger partial charge >= 0.3 is 6.09 Å². The number of hydrogen-bond donors (Lipinski definition) is 1. The molecule has 0 radical (unpaired) electrons. The lowest BCUT2D eigenvalue weighted by molar-refractivity contribution is -0.252. The monoisotopic (exact) mass is 349 g/mol. The van der Waals surface area contributed by atoms with Crippen molar-refractivity contribution in [3.05, 3.63) is 33.8 Å².